The predicted octanol–water partition coefficient (Wildman–Crippen LogP) is 4.10. The Hall–Kier alpha value is -2.02. The van der Waals surface area contributed by atoms with E-state index in [0.29, 0.717) is 28.9 Å². The van der Waals surface area contributed by atoms with E-state index < -0.39 is 0 Å². The van der Waals surface area contributed by atoms with Crippen molar-refractivity contribution in [2.45, 2.75) is 25.7 Å². The first kappa shape index (κ1) is 21.2. The monoisotopic (exact) mass is 431 g/mol. The molecule has 4 rings (SSSR count). The maximum atomic E-state index is 14.4. The van der Waals surface area contributed by atoms with Gasteiger partial charge in [0.25, 0.3) is 0 Å². The van der Waals surface area contributed by atoms with E-state index in [2.05, 4.69) is 15.6 Å². The van der Waals surface area contributed by atoms with Crippen LogP contribution in [0.1, 0.15) is 25.0 Å². The zero-order valence-electron chi connectivity index (χ0n) is 16.9. The lowest BCUT2D eigenvalue weighted by atomic mass is 9.97. The number of pyridine rings is 1. The molecule has 0 saturated carbocycles. The van der Waals surface area contributed by atoms with Gasteiger partial charge in [0.2, 0.25) is 0 Å². The van der Waals surface area contributed by atoms with Gasteiger partial charge in [-0.3, -0.25) is 9.78 Å². The Morgan fingerprint density at radius 3 is 2.87 bits per heavy atom. The minimum absolute atomic E-state index is 0.0535. The van der Waals surface area contributed by atoms with Crippen molar-refractivity contribution < 1.29 is 13.9 Å². The Bertz CT molecular complexity index is 896. The van der Waals surface area contributed by atoms with Gasteiger partial charge < -0.3 is 15.4 Å². The lowest BCUT2D eigenvalue weighted by Crippen LogP contribution is -2.22. The summed E-state index contributed by atoms with van der Waals surface area (Å²) in [5.41, 5.74) is 2.71. The van der Waals surface area contributed by atoms with Gasteiger partial charge in [0.15, 0.2) is 0 Å². The number of rotatable bonds is 7. The quantitative estimate of drug-likeness (QED) is 0.691. The fourth-order valence-electron chi connectivity index (χ4n) is 4.09. The van der Waals surface area contributed by atoms with Gasteiger partial charge in [0, 0.05) is 56.1 Å². The van der Waals surface area contributed by atoms with Crippen molar-refractivity contribution >= 4 is 23.1 Å². The van der Waals surface area contributed by atoms with Crippen molar-refractivity contribution in [1.29, 1.82) is 0 Å². The van der Waals surface area contributed by atoms with E-state index in [1.54, 1.807) is 18.3 Å². The largest absolute Gasteiger partial charge is 0.382 e. The molecular formula is C23H27ClFN3O2. The second kappa shape index (κ2) is 9.86. The molecule has 2 fully saturated rings. The minimum Gasteiger partial charge on any atom is -0.382 e. The highest BCUT2D eigenvalue weighted by molar-refractivity contribution is 6.33. The van der Waals surface area contributed by atoms with Gasteiger partial charge in [-0.05, 0) is 55.5 Å². The molecule has 2 saturated heterocycles. The van der Waals surface area contributed by atoms with E-state index in [9.17, 15) is 9.18 Å². The Morgan fingerprint density at radius 1 is 1.27 bits per heavy atom. The molecule has 2 aliphatic rings. The number of Topliss-reactive ketones (excluding diaryl/α,β-unsaturated/α-hetero) is 1. The van der Waals surface area contributed by atoms with E-state index in [1.807, 2.05) is 6.07 Å². The Labute approximate surface area is 181 Å². The maximum Gasteiger partial charge on any atom is 0.146 e. The number of halogens is 2. The first-order valence-electron chi connectivity index (χ1n) is 10.6. The summed E-state index contributed by atoms with van der Waals surface area (Å²) in [4.78, 5) is 16.8. The average molecular weight is 432 g/mol. The van der Waals surface area contributed by atoms with Crippen molar-refractivity contribution in [2.24, 2.45) is 11.8 Å². The molecule has 1 atom stereocenters. The van der Waals surface area contributed by atoms with Crippen LogP contribution in [0.5, 0.6) is 0 Å². The molecule has 0 radical (unpaired) electrons. The van der Waals surface area contributed by atoms with Gasteiger partial charge in [0.05, 0.1) is 10.7 Å². The van der Waals surface area contributed by atoms with Crippen LogP contribution < -0.4 is 10.6 Å². The standard InChI is InChI=1S/C23H27ClFN3O2/c24-20-14-27-18(11-23(29)17-3-6-26-13-17)10-19(20)16-1-2-21(25)22(9-16)28-12-15-4-7-30-8-5-15/h1-2,9-10,14-15,17,26,28H,3-8,11-13H2/t17-/m1/s1. The fraction of sp³-hybridized carbons (Fsp3) is 0.478. The zero-order valence-corrected chi connectivity index (χ0v) is 17.7. The molecule has 2 aromatic rings. The second-order valence-electron chi connectivity index (χ2n) is 8.12. The molecule has 5 nitrogen and oxygen atoms in total. The number of nitrogens with zero attached hydrogens (tertiary/aromatic N) is 1. The molecule has 160 valence electrons. The van der Waals surface area contributed by atoms with Crippen molar-refractivity contribution in [3.63, 3.8) is 0 Å². The number of hydrogen-bond donors (Lipinski definition) is 2. The molecular weight excluding hydrogens is 405 g/mol. The van der Waals surface area contributed by atoms with Crippen LogP contribution in [0.4, 0.5) is 10.1 Å². The number of anilines is 1. The molecule has 0 aliphatic carbocycles. The molecule has 2 aliphatic heterocycles. The molecule has 7 heteroatoms. The summed E-state index contributed by atoms with van der Waals surface area (Å²) in [6, 6.07) is 6.79. The number of hydrogen-bond acceptors (Lipinski definition) is 5. The zero-order chi connectivity index (χ0) is 20.9. The SMILES string of the molecule is O=C(Cc1cc(-c2ccc(F)c(NCC3CCOCC3)c2)c(Cl)cn1)[C@@H]1CCNC1. The summed E-state index contributed by atoms with van der Waals surface area (Å²) in [5.74, 6) is 0.436. The van der Waals surface area contributed by atoms with Crippen molar-refractivity contribution in [1.82, 2.24) is 10.3 Å². The third-order valence-electron chi connectivity index (χ3n) is 5.98. The van der Waals surface area contributed by atoms with Crippen LogP contribution in [0.2, 0.25) is 5.02 Å². The highest BCUT2D eigenvalue weighted by atomic mass is 35.5. The highest BCUT2D eigenvalue weighted by Gasteiger charge is 2.23. The van der Waals surface area contributed by atoms with Gasteiger partial charge in [-0.2, -0.15) is 0 Å². The molecule has 0 bridgehead atoms. The molecule has 1 aromatic carbocycles. The van der Waals surface area contributed by atoms with Crippen molar-refractivity contribution in [2.75, 3.05) is 38.2 Å². The first-order valence-corrected chi connectivity index (χ1v) is 11.0. The summed E-state index contributed by atoms with van der Waals surface area (Å²) >= 11 is 6.40. The second-order valence-corrected chi connectivity index (χ2v) is 8.53. The maximum absolute atomic E-state index is 14.4. The van der Waals surface area contributed by atoms with Crippen LogP contribution in [0.3, 0.4) is 0 Å². The van der Waals surface area contributed by atoms with E-state index in [1.165, 1.54) is 6.07 Å². The number of ether oxygens (including phenoxy) is 1. The van der Waals surface area contributed by atoms with Crippen molar-refractivity contribution in [3.05, 3.63) is 47.0 Å². The smallest absolute Gasteiger partial charge is 0.146 e. The molecule has 0 unspecified atom stereocenters. The fourth-order valence-corrected chi connectivity index (χ4v) is 4.30. The average Bonchev–Trinajstić information content (AvgIpc) is 3.30. The Kier molecular flexibility index (Phi) is 6.97. The van der Waals surface area contributed by atoms with Gasteiger partial charge >= 0.3 is 0 Å². The van der Waals surface area contributed by atoms with Crippen molar-refractivity contribution in [3.8, 4) is 11.1 Å². The highest BCUT2D eigenvalue weighted by Crippen LogP contribution is 2.31. The van der Waals surface area contributed by atoms with E-state index >= 15 is 0 Å². The van der Waals surface area contributed by atoms with Crippen LogP contribution in [0.25, 0.3) is 11.1 Å². The van der Waals surface area contributed by atoms with Crippen LogP contribution in [-0.4, -0.2) is 43.6 Å². The molecule has 1 aromatic heterocycles. The van der Waals surface area contributed by atoms with Crippen LogP contribution in [0, 0.1) is 17.7 Å². The third-order valence-corrected chi connectivity index (χ3v) is 6.28. The molecule has 3 heterocycles. The number of nitrogens with one attached hydrogen (secondary N) is 2. The Balaban J connectivity index is 1.50. The topological polar surface area (TPSA) is 63.2 Å². The van der Waals surface area contributed by atoms with E-state index in [-0.39, 0.29) is 23.9 Å². The summed E-state index contributed by atoms with van der Waals surface area (Å²) in [7, 11) is 0. The number of ketones is 1. The molecule has 30 heavy (non-hydrogen) atoms. The van der Waals surface area contributed by atoms with Crippen LogP contribution in [0.15, 0.2) is 30.5 Å². The Morgan fingerprint density at radius 2 is 2.10 bits per heavy atom. The minimum atomic E-state index is -0.292. The van der Waals surface area contributed by atoms with Gasteiger partial charge in [-0.1, -0.05) is 17.7 Å². The predicted molar refractivity (Wildman–Crippen MR) is 116 cm³/mol. The summed E-state index contributed by atoms with van der Waals surface area (Å²) in [6.45, 7) is 3.86. The van der Waals surface area contributed by atoms with Crippen LogP contribution in [-0.2, 0) is 16.0 Å². The van der Waals surface area contributed by atoms with Gasteiger partial charge in [0.1, 0.15) is 11.6 Å². The molecule has 2 N–H and O–H groups in total. The molecule has 0 amide bonds. The summed E-state index contributed by atoms with van der Waals surface area (Å²) < 4.78 is 19.8. The number of carbonyl (C=O) groups excluding carboxylic acids is 1. The van der Waals surface area contributed by atoms with Gasteiger partial charge in [-0.25, -0.2) is 4.39 Å². The summed E-state index contributed by atoms with van der Waals surface area (Å²) in [5, 5.41) is 6.95. The normalized spacial score (nSPS) is 19.7. The lowest BCUT2D eigenvalue weighted by molar-refractivity contribution is -0.121. The number of aromatic nitrogens is 1. The van der Waals surface area contributed by atoms with E-state index in [0.717, 1.165) is 56.7 Å². The summed E-state index contributed by atoms with van der Waals surface area (Å²) in [6.07, 6.45) is 4.70. The lowest BCUT2D eigenvalue weighted by Gasteiger charge is -2.23. The first-order chi connectivity index (χ1) is 14.6. The van der Waals surface area contributed by atoms with Crippen LogP contribution >= 0.6 is 11.6 Å². The number of benzene rings is 1. The number of carbonyl (C=O) groups is 1. The third kappa shape index (κ3) is 5.17. The van der Waals surface area contributed by atoms with E-state index in [4.69, 9.17) is 16.3 Å². The van der Waals surface area contributed by atoms with Gasteiger partial charge in [-0.15, -0.1) is 0 Å². The molecule has 0 spiro atoms.